The van der Waals surface area contributed by atoms with Gasteiger partial charge in [-0.2, -0.15) is 5.26 Å². The molecular weight excluding hydrogens is 258 g/mol. The third-order valence-corrected chi connectivity index (χ3v) is 3.13. The van der Waals surface area contributed by atoms with Gasteiger partial charge < -0.3 is 14.7 Å². The molecule has 6 heteroatoms. The Morgan fingerprint density at radius 1 is 1.35 bits per heavy atom. The van der Waals surface area contributed by atoms with Crippen molar-refractivity contribution in [3.8, 4) is 6.07 Å². The first-order chi connectivity index (χ1) is 9.31. The van der Waals surface area contributed by atoms with Crippen molar-refractivity contribution in [3.05, 3.63) is 0 Å². The zero-order chi connectivity index (χ0) is 15.2. The van der Waals surface area contributed by atoms with E-state index in [0.29, 0.717) is 19.5 Å². The first kappa shape index (κ1) is 16.7. The second-order valence-corrected chi connectivity index (χ2v) is 6.11. The van der Waals surface area contributed by atoms with Crippen LogP contribution in [-0.4, -0.2) is 65.4 Å². The summed E-state index contributed by atoms with van der Waals surface area (Å²) in [6.07, 6.45) is -0.0386. The lowest BCUT2D eigenvalue weighted by Crippen LogP contribution is -2.50. The zero-order valence-electron chi connectivity index (χ0n) is 12.6. The van der Waals surface area contributed by atoms with Gasteiger partial charge in [0.15, 0.2) is 0 Å². The van der Waals surface area contributed by atoms with Crippen molar-refractivity contribution in [3.63, 3.8) is 0 Å². The first-order valence-corrected chi connectivity index (χ1v) is 7.07. The largest absolute Gasteiger partial charge is 0.444 e. The van der Waals surface area contributed by atoms with Gasteiger partial charge in [0.25, 0.3) is 0 Å². The molecule has 1 aliphatic rings. The molecule has 1 unspecified atom stereocenters. The van der Waals surface area contributed by atoms with E-state index >= 15 is 0 Å². The van der Waals surface area contributed by atoms with Crippen LogP contribution in [0.4, 0.5) is 4.79 Å². The maximum Gasteiger partial charge on any atom is 0.410 e. The van der Waals surface area contributed by atoms with E-state index in [1.807, 2.05) is 26.8 Å². The lowest BCUT2D eigenvalue weighted by atomic mass is 10.2. The van der Waals surface area contributed by atoms with Gasteiger partial charge in [0.05, 0.1) is 18.6 Å². The van der Waals surface area contributed by atoms with Crippen LogP contribution in [0.3, 0.4) is 0 Å². The molecule has 1 amide bonds. The van der Waals surface area contributed by atoms with E-state index in [9.17, 15) is 9.90 Å². The molecule has 0 bridgehead atoms. The van der Waals surface area contributed by atoms with Crippen LogP contribution < -0.4 is 0 Å². The van der Waals surface area contributed by atoms with Crippen molar-refractivity contribution in [2.24, 2.45) is 0 Å². The van der Waals surface area contributed by atoms with Crippen LogP contribution in [0.1, 0.15) is 33.6 Å². The smallest absolute Gasteiger partial charge is 0.410 e. The number of hydrogen-bond donors (Lipinski definition) is 1. The van der Waals surface area contributed by atoms with Gasteiger partial charge in [-0.05, 0) is 27.2 Å². The monoisotopic (exact) mass is 283 g/mol. The van der Waals surface area contributed by atoms with Crippen molar-refractivity contribution in [1.82, 2.24) is 9.80 Å². The van der Waals surface area contributed by atoms with E-state index in [2.05, 4.69) is 4.90 Å². The van der Waals surface area contributed by atoms with E-state index in [1.54, 1.807) is 4.90 Å². The Hall–Kier alpha value is -1.32. The molecule has 0 aromatic rings. The Kier molecular flexibility index (Phi) is 6.24. The highest BCUT2D eigenvalue weighted by molar-refractivity contribution is 5.68. The van der Waals surface area contributed by atoms with Gasteiger partial charge in [0.2, 0.25) is 0 Å². The van der Waals surface area contributed by atoms with Crippen LogP contribution in [0.2, 0.25) is 0 Å². The maximum atomic E-state index is 11.9. The summed E-state index contributed by atoms with van der Waals surface area (Å²) >= 11 is 0. The number of nitriles is 1. The van der Waals surface area contributed by atoms with E-state index in [-0.39, 0.29) is 12.5 Å². The van der Waals surface area contributed by atoms with Crippen molar-refractivity contribution < 1.29 is 14.6 Å². The number of carbonyl (C=O) groups is 1. The number of aliphatic hydroxyl groups excluding tert-OH is 1. The molecular formula is C14H25N3O3. The molecule has 20 heavy (non-hydrogen) atoms. The van der Waals surface area contributed by atoms with Crippen LogP contribution in [0.15, 0.2) is 0 Å². The van der Waals surface area contributed by atoms with Gasteiger partial charge in [0, 0.05) is 32.7 Å². The predicted molar refractivity (Wildman–Crippen MR) is 75.1 cm³/mol. The summed E-state index contributed by atoms with van der Waals surface area (Å²) in [5, 5.41) is 18.0. The highest BCUT2D eigenvalue weighted by Crippen LogP contribution is 2.12. The highest BCUT2D eigenvalue weighted by Gasteiger charge is 2.25. The molecule has 6 nitrogen and oxygen atoms in total. The fourth-order valence-corrected chi connectivity index (χ4v) is 2.02. The topological polar surface area (TPSA) is 76.8 Å². The van der Waals surface area contributed by atoms with E-state index in [1.165, 1.54) is 0 Å². The molecule has 1 rings (SSSR count). The number of carbonyl (C=O) groups excluding carboxylic acids is 1. The number of ether oxygens (including phenoxy) is 1. The number of nitrogens with zero attached hydrogens (tertiary/aromatic N) is 3. The molecule has 0 radical (unpaired) electrons. The molecule has 0 aromatic heterocycles. The minimum Gasteiger partial charge on any atom is -0.444 e. The second kappa shape index (κ2) is 7.46. The average Bonchev–Trinajstić information content (AvgIpc) is 2.35. The van der Waals surface area contributed by atoms with Crippen molar-refractivity contribution in [2.45, 2.75) is 45.3 Å². The summed E-state index contributed by atoms with van der Waals surface area (Å²) in [5.41, 5.74) is -0.463. The Morgan fingerprint density at radius 3 is 2.45 bits per heavy atom. The normalized spacial score (nSPS) is 18.4. The lowest BCUT2D eigenvalue weighted by molar-refractivity contribution is 0.0133. The van der Waals surface area contributed by atoms with Crippen molar-refractivity contribution in [2.75, 3.05) is 32.7 Å². The predicted octanol–water partition coefficient (Wildman–Crippen LogP) is 1.20. The molecule has 1 fully saturated rings. The Morgan fingerprint density at radius 2 is 1.95 bits per heavy atom. The molecule has 0 saturated carbocycles. The molecule has 1 aliphatic heterocycles. The summed E-state index contributed by atoms with van der Waals surface area (Å²) in [4.78, 5) is 15.8. The summed E-state index contributed by atoms with van der Waals surface area (Å²) in [6, 6.07) is 1.96. The molecule has 1 N–H and O–H groups in total. The van der Waals surface area contributed by atoms with Gasteiger partial charge in [-0.25, -0.2) is 4.79 Å². The Labute approximate surface area is 120 Å². The van der Waals surface area contributed by atoms with E-state index in [0.717, 1.165) is 19.6 Å². The number of aliphatic hydroxyl groups is 1. The zero-order valence-corrected chi connectivity index (χ0v) is 12.6. The van der Waals surface area contributed by atoms with Crippen LogP contribution in [0, 0.1) is 11.3 Å². The van der Waals surface area contributed by atoms with E-state index < -0.39 is 11.7 Å². The number of hydrogen-bond acceptors (Lipinski definition) is 5. The van der Waals surface area contributed by atoms with E-state index in [4.69, 9.17) is 10.00 Å². The molecule has 1 heterocycles. The third kappa shape index (κ3) is 6.22. The molecule has 0 aromatic carbocycles. The molecule has 0 aliphatic carbocycles. The summed E-state index contributed by atoms with van der Waals surface area (Å²) in [5.74, 6) is 0. The Balaban J connectivity index is 2.26. The minimum absolute atomic E-state index is 0.178. The van der Waals surface area contributed by atoms with Gasteiger partial charge in [-0.15, -0.1) is 0 Å². The van der Waals surface area contributed by atoms with Gasteiger partial charge in [0.1, 0.15) is 5.60 Å². The Bertz CT molecular complexity index is 352. The summed E-state index contributed by atoms with van der Waals surface area (Å²) < 4.78 is 5.33. The minimum atomic E-state index is -0.552. The summed E-state index contributed by atoms with van der Waals surface area (Å²) in [7, 11) is 0. The maximum absolute atomic E-state index is 11.9. The van der Waals surface area contributed by atoms with Gasteiger partial charge >= 0.3 is 6.09 Å². The average molecular weight is 283 g/mol. The molecule has 1 saturated heterocycles. The van der Waals surface area contributed by atoms with Gasteiger partial charge in [-0.1, -0.05) is 0 Å². The molecule has 1 atom stereocenters. The SMILES string of the molecule is CC(C)(C)OC(=O)N1CCN(CCC(O)CC#N)CC1. The van der Waals surface area contributed by atoms with Crippen LogP contribution >= 0.6 is 0 Å². The molecule has 0 spiro atoms. The van der Waals surface area contributed by atoms with Crippen LogP contribution in [0.5, 0.6) is 0 Å². The number of amides is 1. The first-order valence-electron chi connectivity index (χ1n) is 7.07. The number of rotatable bonds is 4. The van der Waals surface area contributed by atoms with Crippen LogP contribution in [0.25, 0.3) is 0 Å². The van der Waals surface area contributed by atoms with Crippen LogP contribution in [-0.2, 0) is 4.74 Å². The van der Waals surface area contributed by atoms with Crippen molar-refractivity contribution >= 4 is 6.09 Å². The van der Waals surface area contributed by atoms with Crippen molar-refractivity contribution in [1.29, 1.82) is 5.26 Å². The fourth-order valence-electron chi connectivity index (χ4n) is 2.02. The number of piperazine rings is 1. The summed E-state index contributed by atoms with van der Waals surface area (Å²) in [6.45, 7) is 9.17. The third-order valence-electron chi connectivity index (χ3n) is 3.13. The second-order valence-electron chi connectivity index (χ2n) is 6.11. The van der Waals surface area contributed by atoms with Gasteiger partial charge in [-0.3, -0.25) is 4.90 Å². The highest BCUT2D eigenvalue weighted by atomic mass is 16.6. The fraction of sp³-hybridized carbons (Fsp3) is 0.857. The quantitative estimate of drug-likeness (QED) is 0.839. The lowest BCUT2D eigenvalue weighted by Gasteiger charge is -2.35. The standard InChI is InChI=1S/C14H25N3O3/c1-14(2,3)20-13(19)17-10-8-16(9-11-17)7-5-12(18)4-6-15/h12,18H,4-5,7-11H2,1-3H3. The molecule has 114 valence electrons.